The normalized spacial score (nSPS) is 11.0. The number of thioether (sulfide) groups is 1. The summed E-state index contributed by atoms with van der Waals surface area (Å²) >= 11 is 1.40. The van der Waals surface area contributed by atoms with Crippen LogP contribution in [0, 0.1) is 29.1 Å². The van der Waals surface area contributed by atoms with Gasteiger partial charge in [0.1, 0.15) is 0 Å². The van der Waals surface area contributed by atoms with E-state index in [1.807, 2.05) is 24.3 Å². The van der Waals surface area contributed by atoms with Gasteiger partial charge in [-0.05, 0) is 29.9 Å². The van der Waals surface area contributed by atoms with Gasteiger partial charge in [0.15, 0.2) is 0 Å². The Labute approximate surface area is 132 Å². The molecule has 1 aromatic carbocycles. The van der Waals surface area contributed by atoms with Crippen LogP contribution in [0.2, 0.25) is 0 Å². The van der Waals surface area contributed by atoms with Crippen LogP contribution >= 0.6 is 11.8 Å². The van der Waals surface area contributed by atoms with Crippen molar-refractivity contribution in [1.29, 1.82) is 5.26 Å². The van der Waals surface area contributed by atoms with Crippen molar-refractivity contribution in [1.82, 2.24) is 5.32 Å². The van der Waals surface area contributed by atoms with E-state index in [1.54, 1.807) is 0 Å². The van der Waals surface area contributed by atoms with E-state index in [9.17, 15) is 4.79 Å². The highest BCUT2D eigenvalue weighted by Crippen LogP contribution is 2.23. The van der Waals surface area contributed by atoms with Gasteiger partial charge in [-0.3, -0.25) is 4.79 Å². The molecule has 114 valence electrons. The number of carbonyl (C=O) groups is 1. The maximum atomic E-state index is 12.4. The number of hydrogen-bond acceptors (Lipinski definition) is 3. The molecule has 0 unspecified atom stereocenters. The Morgan fingerprint density at radius 1 is 1.24 bits per heavy atom. The van der Waals surface area contributed by atoms with Crippen LogP contribution in [-0.2, 0) is 0 Å². The summed E-state index contributed by atoms with van der Waals surface area (Å²) in [6.45, 7) is 9.44. The third kappa shape index (κ3) is 5.43. The predicted octanol–water partition coefficient (Wildman–Crippen LogP) is 3.96. The minimum atomic E-state index is -0.0534. The zero-order valence-corrected chi connectivity index (χ0v) is 14.0. The van der Waals surface area contributed by atoms with E-state index >= 15 is 0 Å². The van der Waals surface area contributed by atoms with Crippen molar-refractivity contribution >= 4 is 17.7 Å². The quantitative estimate of drug-likeness (QED) is 0.776. The van der Waals surface area contributed by atoms with Crippen molar-refractivity contribution in [2.75, 3.05) is 12.3 Å². The average molecular weight is 304 g/mol. The van der Waals surface area contributed by atoms with E-state index in [2.05, 4.69) is 39.1 Å². The van der Waals surface area contributed by atoms with Crippen LogP contribution in [0.15, 0.2) is 29.2 Å². The zero-order chi connectivity index (χ0) is 15.8. The number of nitrogens with zero attached hydrogens (tertiary/aromatic N) is 1. The SMILES string of the molecule is CC(C)C(CNC(=O)c1ccccc1SCC#N)C(C)C. The molecule has 0 aromatic heterocycles. The van der Waals surface area contributed by atoms with Gasteiger partial charge in [0, 0.05) is 11.4 Å². The molecule has 0 aliphatic rings. The summed E-state index contributed by atoms with van der Waals surface area (Å²) < 4.78 is 0. The number of rotatable bonds is 7. The summed E-state index contributed by atoms with van der Waals surface area (Å²) in [5.41, 5.74) is 0.656. The molecule has 1 rings (SSSR count). The number of carbonyl (C=O) groups excluding carboxylic acids is 1. The van der Waals surface area contributed by atoms with Crippen LogP contribution < -0.4 is 5.32 Å². The first-order valence-electron chi connectivity index (χ1n) is 7.34. The Hall–Kier alpha value is -1.47. The van der Waals surface area contributed by atoms with Crippen LogP contribution in [-0.4, -0.2) is 18.2 Å². The lowest BCUT2D eigenvalue weighted by atomic mass is 9.85. The van der Waals surface area contributed by atoms with Crippen LogP contribution in [0.1, 0.15) is 38.1 Å². The van der Waals surface area contributed by atoms with E-state index in [4.69, 9.17) is 5.26 Å². The van der Waals surface area contributed by atoms with Gasteiger partial charge in [-0.25, -0.2) is 0 Å². The molecule has 1 aromatic rings. The molecule has 0 heterocycles. The van der Waals surface area contributed by atoms with Crippen molar-refractivity contribution in [3.63, 3.8) is 0 Å². The Morgan fingerprint density at radius 3 is 2.43 bits per heavy atom. The van der Waals surface area contributed by atoms with Crippen LogP contribution in [0.5, 0.6) is 0 Å². The Kier molecular flexibility index (Phi) is 7.31. The largest absolute Gasteiger partial charge is 0.352 e. The summed E-state index contributed by atoms with van der Waals surface area (Å²) in [4.78, 5) is 13.2. The number of amides is 1. The van der Waals surface area contributed by atoms with Crippen molar-refractivity contribution in [3.05, 3.63) is 29.8 Å². The summed E-state index contributed by atoms with van der Waals surface area (Å²) in [7, 11) is 0. The lowest BCUT2D eigenvalue weighted by Crippen LogP contribution is -2.34. The van der Waals surface area contributed by atoms with Crippen molar-refractivity contribution in [2.24, 2.45) is 17.8 Å². The fourth-order valence-corrected chi connectivity index (χ4v) is 3.15. The Bertz CT molecular complexity index is 498. The maximum Gasteiger partial charge on any atom is 0.252 e. The monoisotopic (exact) mass is 304 g/mol. The first-order chi connectivity index (χ1) is 9.97. The molecular weight excluding hydrogens is 280 g/mol. The number of benzene rings is 1. The molecular formula is C17H24N2OS. The lowest BCUT2D eigenvalue weighted by molar-refractivity contribution is 0.0934. The fraction of sp³-hybridized carbons (Fsp3) is 0.529. The molecule has 1 amide bonds. The minimum absolute atomic E-state index is 0.0534. The molecule has 0 bridgehead atoms. The average Bonchev–Trinajstić information content (AvgIpc) is 2.44. The molecule has 0 saturated heterocycles. The molecule has 0 aliphatic carbocycles. The van der Waals surface area contributed by atoms with Gasteiger partial charge in [-0.15, -0.1) is 11.8 Å². The lowest BCUT2D eigenvalue weighted by Gasteiger charge is -2.25. The molecule has 21 heavy (non-hydrogen) atoms. The molecule has 1 N–H and O–H groups in total. The molecule has 0 spiro atoms. The zero-order valence-electron chi connectivity index (χ0n) is 13.2. The summed E-state index contributed by atoms with van der Waals surface area (Å²) in [6.07, 6.45) is 0. The predicted molar refractivity (Wildman–Crippen MR) is 88.3 cm³/mol. The van der Waals surface area contributed by atoms with Gasteiger partial charge in [0.05, 0.1) is 17.4 Å². The number of nitriles is 1. The number of nitrogens with one attached hydrogen (secondary N) is 1. The molecule has 0 saturated carbocycles. The highest BCUT2D eigenvalue weighted by molar-refractivity contribution is 7.99. The van der Waals surface area contributed by atoms with Gasteiger partial charge in [0.25, 0.3) is 5.91 Å². The van der Waals surface area contributed by atoms with Crippen LogP contribution in [0.3, 0.4) is 0 Å². The smallest absolute Gasteiger partial charge is 0.252 e. The van der Waals surface area contributed by atoms with E-state index in [0.717, 1.165) is 4.90 Å². The highest BCUT2D eigenvalue weighted by atomic mass is 32.2. The highest BCUT2D eigenvalue weighted by Gasteiger charge is 2.19. The number of hydrogen-bond donors (Lipinski definition) is 1. The van der Waals surface area contributed by atoms with Crippen LogP contribution in [0.25, 0.3) is 0 Å². The van der Waals surface area contributed by atoms with Gasteiger partial charge in [-0.1, -0.05) is 39.8 Å². The fourth-order valence-electron chi connectivity index (χ4n) is 2.44. The van der Waals surface area contributed by atoms with Gasteiger partial charge in [-0.2, -0.15) is 5.26 Å². The molecule has 0 aliphatic heterocycles. The van der Waals surface area contributed by atoms with Crippen molar-refractivity contribution in [3.8, 4) is 6.07 Å². The van der Waals surface area contributed by atoms with E-state index in [0.29, 0.717) is 35.6 Å². The van der Waals surface area contributed by atoms with Crippen molar-refractivity contribution < 1.29 is 4.79 Å². The molecule has 0 radical (unpaired) electrons. The molecule has 3 nitrogen and oxygen atoms in total. The maximum absolute atomic E-state index is 12.4. The second-order valence-electron chi connectivity index (χ2n) is 5.80. The van der Waals surface area contributed by atoms with Gasteiger partial charge >= 0.3 is 0 Å². The summed E-state index contributed by atoms with van der Waals surface area (Å²) in [6, 6.07) is 9.54. The van der Waals surface area contributed by atoms with E-state index in [1.165, 1.54) is 11.8 Å². The molecule has 0 atom stereocenters. The van der Waals surface area contributed by atoms with Gasteiger partial charge in [0.2, 0.25) is 0 Å². The molecule has 4 heteroatoms. The summed E-state index contributed by atoms with van der Waals surface area (Å²) in [5, 5.41) is 11.7. The second kappa shape index (κ2) is 8.74. The van der Waals surface area contributed by atoms with Crippen LogP contribution in [0.4, 0.5) is 0 Å². The van der Waals surface area contributed by atoms with E-state index in [-0.39, 0.29) is 5.91 Å². The Morgan fingerprint density at radius 2 is 1.86 bits per heavy atom. The van der Waals surface area contributed by atoms with Crippen molar-refractivity contribution in [2.45, 2.75) is 32.6 Å². The Balaban J connectivity index is 2.74. The second-order valence-corrected chi connectivity index (χ2v) is 6.82. The minimum Gasteiger partial charge on any atom is -0.352 e. The topological polar surface area (TPSA) is 52.9 Å². The first-order valence-corrected chi connectivity index (χ1v) is 8.32. The first kappa shape index (κ1) is 17.6. The molecule has 0 fully saturated rings. The van der Waals surface area contributed by atoms with E-state index < -0.39 is 0 Å². The third-order valence-corrected chi connectivity index (χ3v) is 4.58. The van der Waals surface area contributed by atoms with Gasteiger partial charge < -0.3 is 5.32 Å². The standard InChI is InChI=1S/C17H24N2OS/c1-12(2)15(13(3)4)11-19-17(20)14-7-5-6-8-16(14)21-10-9-18/h5-8,12-13,15H,10-11H2,1-4H3,(H,19,20). The third-order valence-electron chi connectivity index (χ3n) is 3.63. The summed E-state index contributed by atoms with van der Waals surface area (Å²) in [5.74, 6) is 1.84.